The highest BCUT2D eigenvalue weighted by atomic mass is 32.2. The van der Waals surface area contributed by atoms with E-state index in [-0.39, 0.29) is 17.2 Å². The van der Waals surface area contributed by atoms with E-state index in [9.17, 15) is 4.79 Å². The summed E-state index contributed by atoms with van der Waals surface area (Å²) < 4.78 is 10.9. The largest absolute Gasteiger partial charge is 0.493 e. The zero-order chi connectivity index (χ0) is 18.2. The van der Waals surface area contributed by atoms with Gasteiger partial charge in [-0.25, -0.2) is 0 Å². The number of benzene rings is 2. The third-order valence-electron chi connectivity index (χ3n) is 3.77. The first kappa shape index (κ1) is 19.2. The van der Waals surface area contributed by atoms with Crippen LogP contribution in [-0.2, 0) is 4.79 Å². The maximum absolute atomic E-state index is 12.5. The van der Waals surface area contributed by atoms with Crippen LogP contribution in [0.4, 0.5) is 0 Å². The van der Waals surface area contributed by atoms with Gasteiger partial charge in [0.25, 0.3) is 0 Å². The van der Waals surface area contributed by atoms with Crippen LogP contribution >= 0.6 is 11.8 Å². The van der Waals surface area contributed by atoms with Crippen LogP contribution in [0.2, 0.25) is 0 Å². The van der Waals surface area contributed by atoms with Crippen molar-refractivity contribution in [2.45, 2.75) is 37.0 Å². The number of hydrogen-bond donors (Lipinski definition) is 1. The Morgan fingerprint density at radius 3 is 2.48 bits per heavy atom. The molecule has 25 heavy (non-hydrogen) atoms. The van der Waals surface area contributed by atoms with E-state index >= 15 is 0 Å². The number of amides is 1. The topological polar surface area (TPSA) is 47.6 Å². The van der Waals surface area contributed by atoms with Gasteiger partial charge in [-0.3, -0.25) is 4.79 Å². The Morgan fingerprint density at radius 1 is 1.12 bits per heavy atom. The van der Waals surface area contributed by atoms with E-state index in [1.165, 1.54) is 0 Å². The number of nitrogens with one attached hydrogen (secondary N) is 1. The molecule has 4 nitrogen and oxygen atoms in total. The Labute approximate surface area is 153 Å². The van der Waals surface area contributed by atoms with Crippen molar-refractivity contribution in [3.05, 3.63) is 54.1 Å². The third kappa shape index (κ3) is 5.43. The molecule has 0 saturated heterocycles. The molecule has 0 spiro atoms. The SMILES string of the molecule is CCOc1ccc(C(C)NC(=O)C(C)Sc2ccccc2)cc1OC. The lowest BCUT2D eigenvalue weighted by atomic mass is 10.1. The van der Waals surface area contributed by atoms with E-state index in [1.807, 2.05) is 69.3 Å². The van der Waals surface area contributed by atoms with Gasteiger partial charge in [-0.05, 0) is 50.6 Å². The summed E-state index contributed by atoms with van der Waals surface area (Å²) in [7, 11) is 1.61. The number of thioether (sulfide) groups is 1. The van der Waals surface area contributed by atoms with Crippen molar-refractivity contribution in [2.24, 2.45) is 0 Å². The smallest absolute Gasteiger partial charge is 0.233 e. The molecular weight excluding hydrogens is 334 g/mol. The van der Waals surface area contributed by atoms with Gasteiger partial charge >= 0.3 is 0 Å². The number of ether oxygens (including phenoxy) is 2. The molecule has 1 amide bonds. The lowest BCUT2D eigenvalue weighted by Gasteiger charge is -2.19. The molecule has 1 N–H and O–H groups in total. The molecule has 0 aliphatic heterocycles. The molecule has 2 atom stereocenters. The van der Waals surface area contributed by atoms with Crippen molar-refractivity contribution in [3.63, 3.8) is 0 Å². The van der Waals surface area contributed by atoms with Crippen LogP contribution in [0.25, 0.3) is 0 Å². The van der Waals surface area contributed by atoms with Gasteiger partial charge in [-0.2, -0.15) is 0 Å². The van der Waals surface area contributed by atoms with E-state index in [2.05, 4.69) is 5.32 Å². The Bertz CT molecular complexity index is 691. The van der Waals surface area contributed by atoms with Crippen LogP contribution in [0.15, 0.2) is 53.4 Å². The first-order chi connectivity index (χ1) is 12.0. The number of rotatable bonds is 8. The number of carbonyl (C=O) groups is 1. The van der Waals surface area contributed by atoms with Gasteiger partial charge in [-0.1, -0.05) is 24.3 Å². The molecule has 0 aliphatic rings. The van der Waals surface area contributed by atoms with Crippen LogP contribution < -0.4 is 14.8 Å². The summed E-state index contributed by atoms with van der Waals surface area (Å²) in [6.07, 6.45) is 0. The molecule has 134 valence electrons. The molecule has 0 heterocycles. The van der Waals surface area contributed by atoms with E-state index in [0.29, 0.717) is 18.1 Å². The maximum atomic E-state index is 12.5. The summed E-state index contributed by atoms with van der Waals surface area (Å²) >= 11 is 1.55. The summed E-state index contributed by atoms with van der Waals surface area (Å²) in [6.45, 7) is 6.39. The van der Waals surface area contributed by atoms with E-state index in [0.717, 1.165) is 10.5 Å². The minimum absolute atomic E-state index is 0.00852. The van der Waals surface area contributed by atoms with E-state index in [1.54, 1.807) is 18.9 Å². The van der Waals surface area contributed by atoms with Crippen LogP contribution in [-0.4, -0.2) is 24.9 Å². The Morgan fingerprint density at radius 2 is 1.84 bits per heavy atom. The van der Waals surface area contributed by atoms with E-state index in [4.69, 9.17) is 9.47 Å². The Balaban J connectivity index is 2.00. The predicted octanol–water partition coefficient (Wildman–Crippen LogP) is 4.45. The molecule has 2 rings (SSSR count). The van der Waals surface area contributed by atoms with Crippen molar-refractivity contribution < 1.29 is 14.3 Å². The molecule has 2 aromatic carbocycles. The van der Waals surface area contributed by atoms with Gasteiger partial charge in [0.05, 0.1) is 25.0 Å². The van der Waals surface area contributed by atoms with Gasteiger partial charge in [-0.15, -0.1) is 11.8 Å². The fraction of sp³-hybridized carbons (Fsp3) is 0.350. The predicted molar refractivity (Wildman–Crippen MR) is 102 cm³/mol. The standard InChI is InChI=1S/C20H25NO3S/c1-5-24-18-12-11-16(13-19(18)23-4)14(2)21-20(22)15(3)25-17-9-7-6-8-10-17/h6-15H,5H2,1-4H3,(H,21,22). The highest BCUT2D eigenvalue weighted by Crippen LogP contribution is 2.30. The Kier molecular flexibility index (Phi) is 7.19. The fourth-order valence-corrected chi connectivity index (χ4v) is 3.30. The van der Waals surface area contributed by atoms with Gasteiger partial charge in [0, 0.05) is 4.90 Å². The normalized spacial score (nSPS) is 13.0. The molecule has 0 bridgehead atoms. The van der Waals surface area contributed by atoms with Gasteiger partial charge in [0.15, 0.2) is 11.5 Å². The molecule has 0 radical (unpaired) electrons. The van der Waals surface area contributed by atoms with Crippen molar-refractivity contribution in [1.29, 1.82) is 0 Å². The zero-order valence-electron chi connectivity index (χ0n) is 15.1. The summed E-state index contributed by atoms with van der Waals surface area (Å²) in [4.78, 5) is 13.6. The van der Waals surface area contributed by atoms with Crippen molar-refractivity contribution in [3.8, 4) is 11.5 Å². The number of carbonyl (C=O) groups excluding carboxylic acids is 1. The van der Waals surface area contributed by atoms with Gasteiger partial charge in [0.2, 0.25) is 5.91 Å². The summed E-state index contributed by atoms with van der Waals surface area (Å²) in [6, 6.07) is 15.6. The summed E-state index contributed by atoms with van der Waals surface area (Å²) in [5, 5.41) is 2.89. The van der Waals surface area contributed by atoms with Crippen molar-refractivity contribution >= 4 is 17.7 Å². The second-order valence-corrected chi connectivity index (χ2v) is 7.06. The minimum atomic E-state index is -0.172. The van der Waals surface area contributed by atoms with Gasteiger partial charge < -0.3 is 14.8 Å². The second kappa shape index (κ2) is 9.37. The first-order valence-electron chi connectivity index (χ1n) is 8.38. The molecule has 0 fully saturated rings. The average molecular weight is 359 g/mol. The van der Waals surface area contributed by atoms with Gasteiger partial charge in [0.1, 0.15) is 0 Å². The van der Waals surface area contributed by atoms with Crippen LogP contribution in [0.3, 0.4) is 0 Å². The molecule has 2 aromatic rings. The molecule has 0 aliphatic carbocycles. The average Bonchev–Trinajstić information content (AvgIpc) is 2.63. The molecule has 0 saturated carbocycles. The monoisotopic (exact) mass is 359 g/mol. The quantitative estimate of drug-likeness (QED) is 0.707. The number of methoxy groups -OCH3 is 1. The lowest BCUT2D eigenvalue weighted by Crippen LogP contribution is -2.33. The first-order valence-corrected chi connectivity index (χ1v) is 9.26. The van der Waals surface area contributed by atoms with Crippen LogP contribution in [0.1, 0.15) is 32.4 Å². The third-order valence-corrected chi connectivity index (χ3v) is 4.88. The van der Waals surface area contributed by atoms with E-state index < -0.39 is 0 Å². The zero-order valence-corrected chi connectivity index (χ0v) is 15.9. The molecule has 0 aromatic heterocycles. The Hall–Kier alpha value is -2.14. The van der Waals surface area contributed by atoms with Crippen LogP contribution in [0, 0.1) is 0 Å². The maximum Gasteiger partial charge on any atom is 0.233 e. The highest BCUT2D eigenvalue weighted by Gasteiger charge is 2.18. The highest BCUT2D eigenvalue weighted by molar-refractivity contribution is 8.00. The second-order valence-electron chi connectivity index (χ2n) is 5.65. The molecule has 5 heteroatoms. The number of hydrogen-bond acceptors (Lipinski definition) is 4. The lowest BCUT2D eigenvalue weighted by molar-refractivity contribution is -0.120. The van der Waals surface area contributed by atoms with Crippen molar-refractivity contribution in [1.82, 2.24) is 5.32 Å². The van der Waals surface area contributed by atoms with Crippen LogP contribution in [0.5, 0.6) is 11.5 Å². The summed E-state index contributed by atoms with van der Waals surface area (Å²) in [5.74, 6) is 1.39. The van der Waals surface area contributed by atoms with Crippen molar-refractivity contribution in [2.75, 3.05) is 13.7 Å². The fourth-order valence-electron chi connectivity index (χ4n) is 2.40. The summed E-state index contributed by atoms with van der Waals surface area (Å²) in [5.41, 5.74) is 0.977. The molecular formula is C20H25NO3S. The molecule has 2 unspecified atom stereocenters. The minimum Gasteiger partial charge on any atom is -0.493 e.